The second kappa shape index (κ2) is 9.92. The van der Waals surface area contributed by atoms with E-state index in [1.54, 1.807) is 10.8 Å². The second-order valence-electron chi connectivity index (χ2n) is 8.50. The van der Waals surface area contributed by atoms with Gasteiger partial charge in [0.05, 0.1) is 6.54 Å². The molecule has 0 saturated carbocycles. The van der Waals surface area contributed by atoms with Gasteiger partial charge in [-0.15, -0.1) is 5.10 Å². The number of nitrogens with zero attached hydrogens (tertiary/aromatic N) is 7. The van der Waals surface area contributed by atoms with E-state index < -0.39 is 0 Å². The van der Waals surface area contributed by atoms with E-state index in [0.29, 0.717) is 12.4 Å². The van der Waals surface area contributed by atoms with Crippen LogP contribution in [0.2, 0.25) is 0 Å². The lowest BCUT2D eigenvalue weighted by Gasteiger charge is -2.14. The van der Waals surface area contributed by atoms with Crippen molar-refractivity contribution >= 4 is 0 Å². The average molecular weight is 469 g/mol. The number of benzene rings is 1. The van der Waals surface area contributed by atoms with Gasteiger partial charge in [0.15, 0.2) is 5.82 Å². The molecule has 5 aromatic rings. The monoisotopic (exact) mass is 468 g/mol. The van der Waals surface area contributed by atoms with Crippen molar-refractivity contribution < 1.29 is 0 Å². The summed E-state index contributed by atoms with van der Waals surface area (Å²) in [6.45, 7) is 5.55. The maximum absolute atomic E-state index is 13.7. The number of tetrazole rings is 1. The third-order valence-corrected chi connectivity index (χ3v) is 6.13. The molecule has 0 radical (unpaired) electrons. The summed E-state index contributed by atoms with van der Waals surface area (Å²) in [4.78, 5) is 18.1. The second-order valence-corrected chi connectivity index (χ2v) is 8.50. The van der Waals surface area contributed by atoms with E-state index in [-0.39, 0.29) is 5.69 Å². The van der Waals surface area contributed by atoms with Crippen LogP contribution >= 0.6 is 0 Å². The van der Waals surface area contributed by atoms with Crippen molar-refractivity contribution in [3.63, 3.8) is 0 Å². The van der Waals surface area contributed by atoms with Crippen LogP contribution in [0.15, 0.2) is 72.0 Å². The molecule has 0 aliphatic rings. The average Bonchev–Trinajstić information content (AvgIpc) is 3.63. The van der Waals surface area contributed by atoms with E-state index >= 15 is 0 Å². The molecular formula is C26H28N8O. The molecule has 0 aliphatic heterocycles. The third-order valence-electron chi connectivity index (χ3n) is 6.13. The molecule has 9 heteroatoms. The largest absolute Gasteiger partial charge is 0.334 e. The lowest BCUT2D eigenvalue weighted by molar-refractivity contribution is 0.647. The van der Waals surface area contributed by atoms with Crippen LogP contribution in [0.3, 0.4) is 0 Å². The number of H-pyrrole nitrogens is 1. The van der Waals surface area contributed by atoms with Crippen LogP contribution in [0.25, 0.3) is 28.3 Å². The Kier molecular flexibility index (Phi) is 6.38. The van der Waals surface area contributed by atoms with Gasteiger partial charge in [-0.05, 0) is 58.2 Å². The normalized spacial score (nSPS) is 11.3. The highest BCUT2D eigenvalue weighted by Crippen LogP contribution is 2.32. The van der Waals surface area contributed by atoms with Crippen LogP contribution in [-0.2, 0) is 19.5 Å². The Labute approximate surface area is 203 Å². The highest BCUT2D eigenvalue weighted by atomic mass is 16.1. The summed E-state index contributed by atoms with van der Waals surface area (Å²) in [5.41, 5.74) is 4.76. The fraction of sp³-hybridized carbons (Fsp3) is 0.269. The van der Waals surface area contributed by atoms with Crippen molar-refractivity contribution in [2.45, 2.75) is 46.2 Å². The first-order valence-corrected chi connectivity index (χ1v) is 11.9. The quantitative estimate of drug-likeness (QED) is 0.351. The minimum Gasteiger partial charge on any atom is -0.334 e. The van der Waals surface area contributed by atoms with Crippen LogP contribution in [0.1, 0.15) is 37.9 Å². The van der Waals surface area contributed by atoms with Crippen molar-refractivity contribution in [3.8, 4) is 28.3 Å². The molecule has 178 valence electrons. The molecule has 0 atom stereocenters. The number of aromatic amines is 1. The maximum atomic E-state index is 13.7. The van der Waals surface area contributed by atoms with Gasteiger partial charge in [-0.3, -0.25) is 14.1 Å². The molecule has 0 bridgehead atoms. The summed E-state index contributed by atoms with van der Waals surface area (Å²) in [5.74, 6) is 1.48. The Balaban J connectivity index is 1.60. The highest BCUT2D eigenvalue weighted by molar-refractivity contribution is 5.81. The molecule has 4 aromatic heterocycles. The smallest absolute Gasteiger partial charge is 0.334 e. The maximum Gasteiger partial charge on any atom is 0.334 e. The molecule has 0 fully saturated rings. The van der Waals surface area contributed by atoms with E-state index in [0.717, 1.165) is 59.6 Å². The van der Waals surface area contributed by atoms with Crippen molar-refractivity contribution in [2.75, 3.05) is 0 Å². The zero-order valence-electron chi connectivity index (χ0n) is 19.9. The Morgan fingerprint density at radius 1 is 0.971 bits per heavy atom. The Morgan fingerprint density at radius 2 is 1.83 bits per heavy atom. The zero-order valence-corrected chi connectivity index (χ0v) is 19.9. The first-order chi connectivity index (χ1) is 17.2. The summed E-state index contributed by atoms with van der Waals surface area (Å²) >= 11 is 0. The summed E-state index contributed by atoms with van der Waals surface area (Å²) < 4.78 is 5.76. The van der Waals surface area contributed by atoms with Crippen molar-refractivity contribution in [1.82, 2.24) is 39.3 Å². The predicted molar refractivity (Wildman–Crippen MR) is 134 cm³/mol. The number of aromatic nitrogens is 8. The van der Waals surface area contributed by atoms with Crippen LogP contribution in [0.5, 0.6) is 0 Å². The molecule has 0 saturated heterocycles. The molecule has 0 unspecified atom stereocenters. The van der Waals surface area contributed by atoms with Gasteiger partial charge in [0.2, 0.25) is 0 Å². The molecule has 4 heterocycles. The molecule has 1 N–H and O–H groups in total. The lowest BCUT2D eigenvalue weighted by atomic mass is 9.96. The van der Waals surface area contributed by atoms with E-state index in [9.17, 15) is 4.79 Å². The van der Waals surface area contributed by atoms with Crippen LogP contribution < -0.4 is 5.69 Å². The number of rotatable bonds is 9. The SMILES string of the molecule is CCCc1cn(-c2cccn2CCC)c(=O)n1Cc1cnccc1-c1ccccc1-c1nnn[nH]1. The zero-order chi connectivity index (χ0) is 24.2. The van der Waals surface area contributed by atoms with Crippen molar-refractivity contribution in [2.24, 2.45) is 0 Å². The molecule has 0 amide bonds. The number of nitrogens with one attached hydrogen (secondary N) is 1. The number of hydrogen-bond donors (Lipinski definition) is 1. The van der Waals surface area contributed by atoms with Gasteiger partial charge in [0.25, 0.3) is 0 Å². The summed E-state index contributed by atoms with van der Waals surface area (Å²) in [5, 5.41) is 14.4. The van der Waals surface area contributed by atoms with Crippen LogP contribution in [-0.4, -0.2) is 39.3 Å². The molecule has 9 nitrogen and oxygen atoms in total. The Morgan fingerprint density at radius 3 is 2.60 bits per heavy atom. The minimum absolute atomic E-state index is 0.0491. The van der Waals surface area contributed by atoms with Gasteiger partial charge in [-0.2, -0.15) is 0 Å². The number of hydrogen-bond acceptors (Lipinski definition) is 5. The van der Waals surface area contributed by atoms with Gasteiger partial charge < -0.3 is 4.57 Å². The fourth-order valence-corrected chi connectivity index (χ4v) is 4.55. The van der Waals surface area contributed by atoms with Crippen molar-refractivity contribution in [3.05, 3.63) is 89.0 Å². The van der Waals surface area contributed by atoms with E-state index in [1.807, 2.05) is 65.6 Å². The van der Waals surface area contributed by atoms with Crippen LogP contribution in [0, 0.1) is 0 Å². The Hall–Kier alpha value is -4.27. The molecular weight excluding hydrogens is 440 g/mol. The van der Waals surface area contributed by atoms with E-state index in [1.165, 1.54) is 0 Å². The predicted octanol–water partition coefficient (Wildman–Crippen LogP) is 4.09. The first kappa shape index (κ1) is 22.5. The van der Waals surface area contributed by atoms with Gasteiger partial charge in [0, 0.05) is 42.6 Å². The molecule has 5 rings (SSSR count). The number of pyridine rings is 1. The fourth-order valence-electron chi connectivity index (χ4n) is 4.55. The van der Waals surface area contributed by atoms with E-state index in [2.05, 4.69) is 44.0 Å². The lowest BCUT2D eigenvalue weighted by Crippen LogP contribution is -2.26. The van der Waals surface area contributed by atoms with Crippen molar-refractivity contribution in [1.29, 1.82) is 0 Å². The molecule has 0 spiro atoms. The van der Waals surface area contributed by atoms with Gasteiger partial charge >= 0.3 is 5.69 Å². The highest BCUT2D eigenvalue weighted by Gasteiger charge is 2.18. The molecule has 0 aliphatic carbocycles. The van der Waals surface area contributed by atoms with Gasteiger partial charge in [0.1, 0.15) is 5.82 Å². The summed E-state index contributed by atoms with van der Waals surface area (Å²) in [6, 6.07) is 13.9. The topological polar surface area (TPSA) is 99.2 Å². The number of aryl methyl sites for hydroxylation is 2. The Bertz CT molecular complexity index is 1480. The van der Waals surface area contributed by atoms with Crippen LogP contribution in [0.4, 0.5) is 0 Å². The number of imidazole rings is 1. The molecule has 35 heavy (non-hydrogen) atoms. The standard InChI is InChI=1S/C26H28N8O/c1-3-8-20-18-34(24-11-7-15-32(24)14-4-2)26(35)33(20)17-19-16-27-13-12-21(19)22-9-5-6-10-23(22)25-28-30-31-29-25/h5-7,9-13,15-16,18H,3-4,8,14,17H2,1-2H3,(H,28,29,30,31). The van der Waals surface area contributed by atoms with E-state index in [4.69, 9.17) is 0 Å². The first-order valence-electron chi connectivity index (χ1n) is 11.9. The third kappa shape index (κ3) is 4.32. The van der Waals surface area contributed by atoms with Gasteiger partial charge in [-0.25, -0.2) is 9.89 Å². The summed E-state index contributed by atoms with van der Waals surface area (Å²) in [6.07, 6.45) is 10.4. The molecule has 1 aromatic carbocycles. The summed E-state index contributed by atoms with van der Waals surface area (Å²) in [7, 11) is 0. The minimum atomic E-state index is -0.0491. The van der Waals surface area contributed by atoms with Gasteiger partial charge in [-0.1, -0.05) is 44.5 Å².